The van der Waals surface area contributed by atoms with Crippen molar-refractivity contribution in [2.24, 2.45) is 0 Å². The summed E-state index contributed by atoms with van der Waals surface area (Å²) in [5.41, 5.74) is 1.54. The maximum Gasteiger partial charge on any atom is 0.416 e. The monoisotopic (exact) mass is 587 g/mol. The van der Waals surface area contributed by atoms with E-state index >= 15 is 0 Å². The highest BCUT2D eigenvalue weighted by molar-refractivity contribution is 6.04. The number of H-pyrrole nitrogens is 1. The Bertz CT molecular complexity index is 1750. The van der Waals surface area contributed by atoms with Gasteiger partial charge < -0.3 is 19.9 Å². The molecular weight excluding hydrogens is 559 g/mol. The highest BCUT2D eigenvalue weighted by Gasteiger charge is 2.34. The van der Waals surface area contributed by atoms with Crippen molar-refractivity contribution in [2.75, 3.05) is 38.5 Å². The van der Waals surface area contributed by atoms with Gasteiger partial charge in [-0.05, 0) is 55.1 Å². The zero-order chi connectivity index (χ0) is 30.0. The van der Waals surface area contributed by atoms with Crippen LogP contribution in [-0.2, 0) is 12.7 Å². The first kappa shape index (κ1) is 28.3. The summed E-state index contributed by atoms with van der Waals surface area (Å²) < 4.78 is 48.2. The lowest BCUT2D eigenvalue weighted by Gasteiger charge is -2.33. The third-order valence-corrected chi connectivity index (χ3v) is 7.27. The second kappa shape index (κ2) is 11.8. The van der Waals surface area contributed by atoms with Crippen molar-refractivity contribution in [3.63, 3.8) is 0 Å². The molecule has 0 bridgehead atoms. The Hall–Kier alpha value is -4.81. The summed E-state index contributed by atoms with van der Waals surface area (Å²) in [7, 11) is 1.99. The van der Waals surface area contributed by atoms with E-state index in [1.165, 1.54) is 12.1 Å². The lowest BCUT2D eigenvalue weighted by atomic mass is 10.0. The lowest BCUT2D eigenvalue weighted by Crippen LogP contribution is -2.44. The number of carbonyl (C=O) groups excluding carboxylic acids is 1. The molecule has 0 radical (unpaired) electrons. The average Bonchev–Trinajstić information content (AvgIpc) is 3.48. The molecule has 0 saturated carbocycles. The highest BCUT2D eigenvalue weighted by Crippen LogP contribution is 2.34. The Balaban J connectivity index is 1.21. The first-order valence-corrected chi connectivity index (χ1v) is 13.7. The van der Waals surface area contributed by atoms with E-state index in [1.807, 2.05) is 18.0 Å². The molecule has 1 aliphatic rings. The van der Waals surface area contributed by atoms with Crippen molar-refractivity contribution in [2.45, 2.75) is 12.7 Å². The van der Waals surface area contributed by atoms with Crippen molar-refractivity contribution in [3.05, 3.63) is 95.9 Å². The Morgan fingerprint density at radius 3 is 2.63 bits per heavy atom. The number of nitrogens with one attached hydrogen (secondary N) is 2. The molecule has 1 saturated heterocycles. The summed E-state index contributed by atoms with van der Waals surface area (Å²) in [5, 5.41) is 2.69. The Kier molecular flexibility index (Phi) is 7.78. The number of hydrogen-bond donors (Lipinski definition) is 2. The number of piperazine rings is 1. The fourth-order valence-electron chi connectivity index (χ4n) is 4.93. The molecule has 9 nitrogen and oxygen atoms in total. The summed E-state index contributed by atoms with van der Waals surface area (Å²) in [4.78, 5) is 33.5. The van der Waals surface area contributed by atoms with Gasteiger partial charge in [0.1, 0.15) is 11.3 Å². The van der Waals surface area contributed by atoms with Crippen molar-refractivity contribution in [1.82, 2.24) is 29.7 Å². The van der Waals surface area contributed by atoms with Crippen LogP contribution in [0.1, 0.15) is 21.5 Å². The number of benzene rings is 2. The molecule has 220 valence electrons. The van der Waals surface area contributed by atoms with E-state index in [0.717, 1.165) is 19.2 Å². The van der Waals surface area contributed by atoms with Gasteiger partial charge >= 0.3 is 6.18 Å². The van der Waals surface area contributed by atoms with Crippen LogP contribution in [0.15, 0.2) is 79.3 Å². The standard InChI is InChI=1S/C31H28F3N7O2/c1-40-12-14-41(15-13-40)19-22-8-7-20(16-25(22)31(32,33)34)29(42)37-23-5-2-6-24(17-23)43-30-27-26(9-11-36-27)38-28(39-30)21-4-3-10-35-18-21/h2-11,16-18,36H,12-15,19H2,1H3,(H,37,42). The minimum absolute atomic E-state index is 0.0919. The molecule has 0 aliphatic carbocycles. The molecule has 1 amide bonds. The van der Waals surface area contributed by atoms with Gasteiger partial charge in [0.05, 0.1) is 11.1 Å². The van der Waals surface area contributed by atoms with E-state index in [4.69, 9.17) is 4.74 Å². The van der Waals surface area contributed by atoms with Crippen LogP contribution in [0.4, 0.5) is 18.9 Å². The van der Waals surface area contributed by atoms with Crippen molar-refractivity contribution in [3.8, 4) is 23.0 Å². The first-order valence-electron chi connectivity index (χ1n) is 13.7. The van der Waals surface area contributed by atoms with Crippen molar-refractivity contribution >= 4 is 22.6 Å². The number of aromatic nitrogens is 4. The van der Waals surface area contributed by atoms with Crippen LogP contribution in [0.2, 0.25) is 0 Å². The topological polar surface area (TPSA) is 99.3 Å². The number of rotatable bonds is 7. The van der Waals surface area contributed by atoms with Crippen LogP contribution in [0.5, 0.6) is 11.6 Å². The van der Waals surface area contributed by atoms with E-state index in [1.54, 1.807) is 55.0 Å². The molecule has 5 aromatic rings. The minimum Gasteiger partial charge on any atom is -0.437 e. The van der Waals surface area contributed by atoms with Crippen LogP contribution < -0.4 is 10.1 Å². The minimum atomic E-state index is -4.60. The number of ether oxygens (including phenoxy) is 1. The van der Waals surface area contributed by atoms with Crippen LogP contribution in [0.25, 0.3) is 22.4 Å². The number of halogens is 3. The number of hydrogen-bond acceptors (Lipinski definition) is 7. The molecule has 2 aromatic carbocycles. The van der Waals surface area contributed by atoms with Gasteiger partial charge in [0.2, 0.25) is 5.88 Å². The summed E-state index contributed by atoms with van der Waals surface area (Å²) in [6.45, 7) is 3.13. The normalized spacial score (nSPS) is 14.6. The zero-order valence-electron chi connectivity index (χ0n) is 23.2. The average molecular weight is 588 g/mol. The van der Waals surface area contributed by atoms with E-state index in [9.17, 15) is 18.0 Å². The lowest BCUT2D eigenvalue weighted by molar-refractivity contribution is -0.138. The van der Waals surface area contributed by atoms with Gasteiger partial charge in [-0.25, -0.2) is 4.98 Å². The molecule has 0 atom stereocenters. The molecule has 1 fully saturated rings. The van der Waals surface area contributed by atoms with Gasteiger partial charge in [-0.2, -0.15) is 18.2 Å². The predicted octanol–water partition coefficient (Wildman–Crippen LogP) is 5.83. The number of fused-ring (bicyclic) bond motifs is 1. The van der Waals surface area contributed by atoms with Crippen molar-refractivity contribution in [1.29, 1.82) is 0 Å². The van der Waals surface area contributed by atoms with Gasteiger partial charge in [-0.3, -0.25) is 14.7 Å². The van der Waals surface area contributed by atoms with E-state index in [0.29, 0.717) is 46.9 Å². The third-order valence-electron chi connectivity index (χ3n) is 7.27. The maximum atomic E-state index is 14.0. The number of carbonyl (C=O) groups is 1. The fraction of sp³-hybridized carbons (Fsp3) is 0.226. The number of nitrogens with zero attached hydrogens (tertiary/aromatic N) is 5. The fourth-order valence-corrected chi connectivity index (χ4v) is 4.93. The molecule has 1 aliphatic heterocycles. The molecular formula is C31H28F3N7O2. The van der Waals surface area contributed by atoms with Gasteiger partial charge in [0.15, 0.2) is 5.82 Å². The Morgan fingerprint density at radius 1 is 1.02 bits per heavy atom. The van der Waals surface area contributed by atoms with Crippen molar-refractivity contribution < 1.29 is 22.7 Å². The molecule has 0 unspecified atom stereocenters. The number of likely N-dealkylation sites (N-methyl/N-ethyl adjacent to an activating group) is 1. The first-order chi connectivity index (χ1) is 20.7. The molecule has 12 heteroatoms. The van der Waals surface area contributed by atoms with Gasteiger partial charge in [-0.15, -0.1) is 0 Å². The van der Waals surface area contributed by atoms with Crippen LogP contribution in [0.3, 0.4) is 0 Å². The molecule has 3 aromatic heterocycles. The van der Waals surface area contributed by atoms with E-state index in [2.05, 4.69) is 30.2 Å². The van der Waals surface area contributed by atoms with E-state index < -0.39 is 17.6 Å². The Morgan fingerprint density at radius 2 is 1.86 bits per heavy atom. The van der Waals surface area contributed by atoms with Crippen LogP contribution in [-0.4, -0.2) is 68.9 Å². The predicted molar refractivity (Wildman–Crippen MR) is 156 cm³/mol. The van der Waals surface area contributed by atoms with Gasteiger partial charge in [0, 0.05) is 74.2 Å². The van der Waals surface area contributed by atoms with Gasteiger partial charge in [-0.1, -0.05) is 12.1 Å². The summed E-state index contributed by atoms with van der Waals surface area (Å²) in [6.07, 6.45) is 0.433. The van der Waals surface area contributed by atoms with Crippen LogP contribution in [0, 0.1) is 0 Å². The number of anilines is 1. The zero-order valence-corrected chi connectivity index (χ0v) is 23.2. The molecule has 2 N–H and O–H groups in total. The molecule has 0 spiro atoms. The number of alkyl halides is 3. The second-order valence-corrected chi connectivity index (χ2v) is 10.4. The number of pyridine rings is 1. The van der Waals surface area contributed by atoms with Gasteiger partial charge in [0.25, 0.3) is 5.91 Å². The molecule has 6 rings (SSSR count). The van der Waals surface area contributed by atoms with Crippen LogP contribution >= 0.6 is 0 Å². The quantitative estimate of drug-likeness (QED) is 0.247. The second-order valence-electron chi connectivity index (χ2n) is 10.4. The summed E-state index contributed by atoms with van der Waals surface area (Å²) in [5.74, 6) is 0.392. The SMILES string of the molecule is CN1CCN(Cc2ccc(C(=O)Nc3cccc(Oc4nc(-c5cccnc5)nc5cc[nH]c45)c3)cc2C(F)(F)F)CC1. The molecule has 4 heterocycles. The van der Waals surface area contributed by atoms with E-state index in [-0.39, 0.29) is 23.6 Å². The Labute approximate surface area is 245 Å². The number of aromatic amines is 1. The number of amides is 1. The summed E-state index contributed by atoms with van der Waals surface area (Å²) >= 11 is 0. The smallest absolute Gasteiger partial charge is 0.416 e. The molecule has 43 heavy (non-hydrogen) atoms. The largest absolute Gasteiger partial charge is 0.437 e. The maximum absolute atomic E-state index is 14.0. The third kappa shape index (κ3) is 6.50. The summed E-state index contributed by atoms with van der Waals surface area (Å²) in [6, 6.07) is 15.7. The highest BCUT2D eigenvalue weighted by atomic mass is 19.4.